The summed E-state index contributed by atoms with van der Waals surface area (Å²) in [6, 6.07) is 7.91. The van der Waals surface area contributed by atoms with Gasteiger partial charge in [-0.15, -0.1) is 0 Å². The smallest absolute Gasteiger partial charge is 0.242 e. The van der Waals surface area contributed by atoms with E-state index in [0.717, 1.165) is 0 Å². The molecule has 1 aromatic carbocycles. The average Bonchev–Trinajstić information content (AvgIpc) is 2.38. The Morgan fingerprint density at radius 2 is 2.11 bits per heavy atom. The molecule has 0 atom stereocenters. The molecule has 0 fully saturated rings. The van der Waals surface area contributed by atoms with Gasteiger partial charge in [0.2, 0.25) is 10.0 Å². The summed E-state index contributed by atoms with van der Waals surface area (Å²) in [6.07, 6.45) is 0.0676. The van der Waals surface area contributed by atoms with Crippen LogP contribution in [0.25, 0.3) is 0 Å². The first-order valence-corrected chi connectivity index (χ1v) is 7.40. The zero-order valence-corrected chi connectivity index (χ0v) is 12.1. The predicted molar refractivity (Wildman–Crippen MR) is 72.1 cm³/mol. The van der Waals surface area contributed by atoms with Gasteiger partial charge in [0.1, 0.15) is 0 Å². The molecule has 0 aliphatic carbocycles. The van der Waals surface area contributed by atoms with Crippen molar-refractivity contribution in [3.8, 4) is 6.07 Å². The molecule has 19 heavy (non-hydrogen) atoms. The quantitative estimate of drug-likeness (QED) is 0.794. The summed E-state index contributed by atoms with van der Waals surface area (Å²) in [6.45, 7) is 4.40. The van der Waals surface area contributed by atoms with Gasteiger partial charge in [-0.05, 0) is 32.0 Å². The van der Waals surface area contributed by atoms with Crippen LogP contribution in [0.5, 0.6) is 0 Å². The fourth-order valence-electron chi connectivity index (χ4n) is 1.44. The highest BCUT2D eigenvalue weighted by Crippen LogP contribution is 2.15. The molecule has 5 nitrogen and oxygen atoms in total. The van der Waals surface area contributed by atoms with E-state index in [1.165, 1.54) is 23.5 Å². The van der Waals surface area contributed by atoms with Crippen molar-refractivity contribution in [3.05, 3.63) is 29.8 Å². The summed E-state index contributed by atoms with van der Waals surface area (Å²) in [5.41, 5.74) is 0.327. The lowest BCUT2D eigenvalue weighted by atomic mass is 10.2. The van der Waals surface area contributed by atoms with E-state index in [-0.39, 0.29) is 17.5 Å². The van der Waals surface area contributed by atoms with Gasteiger partial charge in [0.25, 0.3) is 0 Å². The maximum absolute atomic E-state index is 12.2. The maximum Gasteiger partial charge on any atom is 0.242 e. The fraction of sp³-hybridized carbons (Fsp3) is 0.462. The van der Waals surface area contributed by atoms with Crippen LogP contribution in [0.2, 0.25) is 0 Å². The molecule has 0 saturated carbocycles. The van der Waals surface area contributed by atoms with Crippen molar-refractivity contribution in [3.63, 3.8) is 0 Å². The van der Waals surface area contributed by atoms with Crippen molar-refractivity contribution in [2.75, 3.05) is 20.2 Å². The molecule has 0 spiro atoms. The highest BCUT2D eigenvalue weighted by molar-refractivity contribution is 7.89. The van der Waals surface area contributed by atoms with Crippen LogP contribution in [0.15, 0.2) is 29.2 Å². The zero-order chi connectivity index (χ0) is 14.5. The molecule has 0 N–H and O–H groups in total. The molecule has 0 heterocycles. The lowest BCUT2D eigenvalue weighted by molar-refractivity contribution is 0.0737. The SMILES string of the molecule is CC(C)OCCN(C)S(=O)(=O)c1cccc(C#N)c1. The number of hydrogen-bond donors (Lipinski definition) is 0. The van der Waals surface area contributed by atoms with Crippen LogP contribution < -0.4 is 0 Å². The van der Waals surface area contributed by atoms with Gasteiger partial charge in [-0.3, -0.25) is 0 Å². The number of likely N-dealkylation sites (N-methyl/N-ethyl adjacent to an activating group) is 1. The Kier molecular flexibility index (Phi) is 5.48. The summed E-state index contributed by atoms with van der Waals surface area (Å²) in [5.74, 6) is 0. The van der Waals surface area contributed by atoms with Crippen molar-refractivity contribution in [2.45, 2.75) is 24.8 Å². The van der Waals surface area contributed by atoms with E-state index >= 15 is 0 Å². The Labute approximate surface area is 114 Å². The van der Waals surface area contributed by atoms with Gasteiger partial charge in [-0.25, -0.2) is 8.42 Å². The maximum atomic E-state index is 12.2. The Hall–Kier alpha value is -1.42. The highest BCUT2D eigenvalue weighted by Gasteiger charge is 2.20. The largest absolute Gasteiger partial charge is 0.377 e. The number of hydrogen-bond acceptors (Lipinski definition) is 4. The number of sulfonamides is 1. The first-order valence-electron chi connectivity index (χ1n) is 5.96. The second-order valence-electron chi connectivity index (χ2n) is 4.39. The Morgan fingerprint density at radius 1 is 1.42 bits per heavy atom. The molecular weight excluding hydrogens is 264 g/mol. The number of nitriles is 1. The number of ether oxygens (including phenoxy) is 1. The summed E-state index contributed by atoms with van der Waals surface area (Å²) < 4.78 is 31.0. The van der Waals surface area contributed by atoms with Crippen molar-refractivity contribution in [1.29, 1.82) is 5.26 Å². The van der Waals surface area contributed by atoms with E-state index in [9.17, 15) is 8.42 Å². The van der Waals surface area contributed by atoms with Gasteiger partial charge in [0.05, 0.1) is 29.2 Å². The molecule has 0 amide bonds. The van der Waals surface area contributed by atoms with Crippen LogP contribution in [-0.4, -0.2) is 39.0 Å². The van der Waals surface area contributed by atoms with E-state index in [4.69, 9.17) is 10.00 Å². The van der Waals surface area contributed by atoms with E-state index in [2.05, 4.69) is 0 Å². The highest BCUT2D eigenvalue weighted by atomic mass is 32.2. The molecule has 0 aliphatic rings. The molecule has 1 aromatic rings. The molecular formula is C13H18N2O3S. The normalized spacial score (nSPS) is 11.8. The van der Waals surface area contributed by atoms with Crippen molar-refractivity contribution in [1.82, 2.24) is 4.31 Å². The van der Waals surface area contributed by atoms with E-state index < -0.39 is 10.0 Å². The van der Waals surface area contributed by atoms with Crippen LogP contribution in [0, 0.1) is 11.3 Å². The minimum Gasteiger partial charge on any atom is -0.377 e. The summed E-state index contributed by atoms with van der Waals surface area (Å²) >= 11 is 0. The molecule has 0 aliphatic heterocycles. The van der Waals surface area contributed by atoms with Gasteiger partial charge < -0.3 is 4.74 Å². The topological polar surface area (TPSA) is 70.4 Å². The molecule has 0 unspecified atom stereocenters. The third-order valence-corrected chi connectivity index (χ3v) is 4.38. The fourth-order valence-corrected chi connectivity index (χ4v) is 2.64. The Morgan fingerprint density at radius 3 is 2.68 bits per heavy atom. The third-order valence-electron chi connectivity index (χ3n) is 2.53. The minimum absolute atomic E-state index is 0.0676. The monoisotopic (exact) mass is 282 g/mol. The lowest BCUT2D eigenvalue weighted by Gasteiger charge is -2.18. The van der Waals surface area contributed by atoms with Gasteiger partial charge in [-0.1, -0.05) is 6.07 Å². The van der Waals surface area contributed by atoms with Crippen LogP contribution in [0.3, 0.4) is 0 Å². The van der Waals surface area contributed by atoms with Gasteiger partial charge in [0.15, 0.2) is 0 Å². The number of nitrogens with zero attached hydrogens (tertiary/aromatic N) is 2. The third kappa shape index (κ3) is 4.31. The summed E-state index contributed by atoms with van der Waals surface area (Å²) in [7, 11) is -2.07. The van der Waals surface area contributed by atoms with E-state index in [1.54, 1.807) is 12.1 Å². The van der Waals surface area contributed by atoms with Crippen molar-refractivity contribution < 1.29 is 13.2 Å². The Bertz CT molecular complexity index is 561. The van der Waals surface area contributed by atoms with Crippen LogP contribution in [0.4, 0.5) is 0 Å². The first kappa shape index (κ1) is 15.6. The second-order valence-corrected chi connectivity index (χ2v) is 6.43. The van der Waals surface area contributed by atoms with Gasteiger partial charge in [-0.2, -0.15) is 9.57 Å². The van der Waals surface area contributed by atoms with Gasteiger partial charge >= 0.3 is 0 Å². The molecule has 104 valence electrons. The minimum atomic E-state index is -3.57. The molecule has 6 heteroatoms. The summed E-state index contributed by atoms with van der Waals surface area (Å²) in [4.78, 5) is 0.124. The molecule has 0 radical (unpaired) electrons. The average molecular weight is 282 g/mol. The van der Waals surface area contributed by atoms with Gasteiger partial charge in [0, 0.05) is 13.6 Å². The number of rotatable bonds is 6. The van der Waals surface area contributed by atoms with Crippen LogP contribution in [-0.2, 0) is 14.8 Å². The lowest BCUT2D eigenvalue weighted by Crippen LogP contribution is -2.30. The first-order chi connectivity index (χ1) is 8.87. The predicted octanol–water partition coefficient (Wildman–Crippen LogP) is 1.60. The van der Waals surface area contributed by atoms with Crippen LogP contribution in [0.1, 0.15) is 19.4 Å². The van der Waals surface area contributed by atoms with E-state index in [1.807, 2.05) is 19.9 Å². The van der Waals surface area contributed by atoms with Crippen molar-refractivity contribution in [2.24, 2.45) is 0 Å². The van der Waals surface area contributed by atoms with E-state index in [0.29, 0.717) is 12.2 Å². The molecule has 0 aromatic heterocycles. The Balaban J connectivity index is 2.82. The standard InChI is InChI=1S/C13H18N2O3S/c1-11(2)18-8-7-15(3)19(16,17)13-6-4-5-12(9-13)10-14/h4-6,9,11H,7-8H2,1-3H3. The van der Waals surface area contributed by atoms with Crippen LogP contribution >= 0.6 is 0 Å². The molecule has 1 rings (SSSR count). The second kappa shape index (κ2) is 6.66. The molecule has 0 bridgehead atoms. The number of benzene rings is 1. The summed E-state index contributed by atoms with van der Waals surface area (Å²) in [5, 5.41) is 8.79. The zero-order valence-electron chi connectivity index (χ0n) is 11.3. The molecule has 0 saturated heterocycles. The van der Waals surface area contributed by atoms with Crippen molar-refractivity contribution >= 4 is 10.0 Å².